The Kier molecular flexibility index (Phi) is 4.93. The van der Waals surface area contributed by atoms with E-state index >= 15 is 0 Å². The minimum atomic E-state index is -0.676. The number of nitrogens with zero attached hydrogens (tertiary/aromatic N) is 3. The molecule has 1 fully saturated rings. The van der Waals surface area contributed by atoms with Crippen molar-refractivity contribution < 1.29 is 9.90 Å². The summed E-state index contributed by atoms with van der Waals surface area (Å²) in [6.45, 7) is 5.87. The molecule has 5 nitrogen and oxygen atoms in total. The lowest BCUT2D eigenvalue weighted by molar-refractivity contribution is -0.142. The predicted molar refractivity (Wildman–Crippen MR) is 77.9 cm³/mol. The average Bonchev–Trinajstić information content (AvgIpc) is 2.49. The van der Waals surface area contributed by atoms with Crippen molar-refractivity contribution in [2.45, 2.75) is 45.4 Å². The van der Waals surface area contributed by atoms with Crippen molar-refractivity contribution in [1.29, 1.82) is 0 Å². The van der Waals surface area contributed by atoms with Gasteiger partial charge in [0.25, 0.3) is 0 Å². The summed E-state index contributed by atoms with van der Waals surface area (Å²) in [5.74, 6) is 0.538. The van der Waals surface area contributed by atoms with Crippen LogP contribution in [-0.2, 0) is 4.79 Å². The fraction of sp³-hybridized carbons (Fsp3) is 0.667. The summed E-state index contributed by atoms with van der Waals surface area (Å²) in [6.07, 6.45) is 5.17. The molecule has 0 amide bonds. The summed E-state index contributed by atoms with van der Waals surface area (Å²) in [5.41, 5.74) is 1.10. The van der Waals surface area contributed by atoms with Gasteiger partial charge in [-0.15, -0.1) is 0 Å². The molecule has 0 aromatic carbocycles. The second-order valence-electron chi connectivity index (χ2n) is 5.41. The monoisotopic (exact) mass is 277 g/mol. The van der Waals surface area contributed by atoms with Crippen LogP contribution in [0.2, 0.25) is 0 Å². The van der Waals surface area contributed by atoms with Crippen LogP contribution < -0.4 is 4.90 Å². The highest BCUT2D eigenvalue weighted by atomic mass is 16.4. The summed E-state index contributed by atoms with van der Waals surface area (Å²) in [5, 5.41) is 9.03. The van der Waals surface area contributed by atoms with Gasteiger partial charge in [0.2, 0.25) is 0 Å². The third kappa shape index (κ3) is 3.26. The first-order valence-electron chi connectivity index (χ1n) is 7.45. The zero-order valence-electron chi connectivity index (χ0n) is 12.2. The van der Waals surface area contributed by atoms with E-state index in [4.69, 9.17) is 5.11 Å². The standard InChI is InChI=1S/C15H23N3O2/c1-3-11(4-2)13-9-14(17-10-16-13)18-7-5-12(6-8-18)15(19)20/h9-12H,3-8H2,1-2H3,(H,19,20). The molecule has 1 aliphatic heterocycles. The third-order valence-corrected chi connectivity index (χ3v) is 4.25. The van der Waals surface area contributed by atoms with Gasteiger partial charge in [-0.3, -0.25) is 4.79 Å². The number of aliphatic carboxylic acids is 1. The first-order valence-corrected chi connectivity index (χ1v) is 7.45. The normalized spacial score (nSPS) is 16.6. The van der Waals surface area contributed by atoms with Gasteiger partial charge in [0.1, 0.15) is 12.1 Å². The Hall–Kier alpha value is -1.65. The summed E-state index contributed by atoms with van der Waals surface area (Å²) < 4.78 is 0. The molecule has 1 aromatic rings. The van der Waals surface area contributed by atoms with Crippen LogP contribution in [0.5, 0.6) is 0 Å². The van der Waals surface area contributed by atoms with Crippen molar-refractivity contribution in [3.05, 3.63) is 18.1 Å². The lowest BCUT2D eigenvalue weighted by atomic mass is 9.96. The molecule has 20 heavy (non-hydrogen) atoms. The van der Waals surface area contributed by atoms with Gasteiger partial charge in [0.15, 0.2) is 0 Å². The highest BCUT2D eigenvalue weighted by Gasteiger charge is 2.25. The van der Waals surface area contributed by atoms with E-state index in [9.17, 15) is 4.79 Å². The average molecular weight is 277 g/mol. The van der Waals surface area contributed by atoms with Crippen LogP contribution in [0.4, 0.5) is 5.82 Å². The van der Waals surface area contributed by atoms with Gasteiger partial charge in [0.05, 0.1) is 5.92 Å². The lowest BCUT2D eigenvalue weighted by Gasteiger charge is -2.31. The molecule has 0 saturated carbocycles. The molecule has 2 heterocycles. The van der Waals surface area contributed by atoms with E-state index in [1.54, 1.807) is 6.33 Å². The molecule has 0 aliphatic carbocycles. The van der Waals surface area contributed by atoms with Gasteiger partial charge in [-0.1, -0.05) is 13.8 Å². The molecule has 1 N–H and O–H groups in total. The molecule has 0 unspecified atom stereocenters. The lowest BCUT2D eigenvalue weighted by Crippen LogP contribution is -2.36. The topological polar surface area (TPSA) is 66.3 Å². The largest absolute Gasteiger partial charge is 0.481 e. The maximum Gasteiger partial charge on any atom is 0.306 e. The number of hydrogen-bond donors (Lipinski definition) is 1. The van der Waals surface area contributed by atoms with Gasteiger partial charge in [-0.2, -0.15) is 0 Å². The van der Waals surface area contributed by atoms with E-state index in [0.29, 0.717) is 18.8 Å². The van der Waals surface area contributed by atoms with E-state index in [0.717, 1.165) is 37.4 Å². The Bertz CT molecular complexity index is 452. The van der Waals surface area contributed by atoms with E-state index < -0.39 is 5.97 Å². The molecular weight excluding hydrogens is 254 g/mol. The number of rotatable bonds is 5. The number of aromatic nitrogens is 2. The van der Waals surface area contributed by atoms with E-state index in [1.165, 1.54) is 0 Å². The maximum atomic E-state index is 11.0. The fourth-order valence-corrected chi connectivity index (χ4v) is 2.82. The van der Waals surface area contributed by atoms with Crippen LogP contribution in [0.1, 0.15) is 51.1 Å². The SMILES string of the molecule is CCC(CC)c1cc(N2CCC(C(=O)O)CC2)ncn1. The Morgan fingerprint density at radius 2 is 2.00 bits per heavy atom. The van der Waals surface area contributed by atoms with E-state index in [-0.39, 0.29) is 5.92 Å². The Morgan fingerprint density at radius 3 is 2.55 bits per heavy atom. The van der Waals surface area contributed by atoms with Gasteiger partial charge in [-0.25, -0.2) is 9.97 Å². The van der Waals surface area contributed by atoms with Crippen molar-refractivity contribution in [1.82, 2.24) is 9.97 Å². The molecule has 1 aromatic heterocycles. The van der Waals surface area contributed by atoms with Crippen LogP contribution >= 0.6 is 0 Å². The number of carbonyl (C=O) groups is 1. The first-order chi connectivity index (χ1) is 9.65. The van der Waals surface area contributed by atoms with E-state index in [1.807, 2.05) is 0 Å². The quantitative estimate of drug-likeness (QED) is 0.896. The second kappa shape index (κ2) is 6.68. The Labute approximate surface area is 120 Å². The molecule has 1 saturated heterocycles. The highest BCUT2D eigenvalue weighted by molar-refractivity contribution is 5.70. The van der Waals surface area contributed by atoms with Crippen molar-refractivity contribution in [3.63, 3.8) is 0 Å². The molecular formula is C15H23N3O2. The highest BCUT2D eigenvalue weighted by Crippen LogP contribution is 2.26. The summed E-state index contributed by atoms with van der Waals surface area (Å²) in [4.78, 5) is 21.9. The van der Waals surface area contributed by atoms with Crippen LogP contribution in [0, 0.1) is 5.92 Å². The van der Waals surface area contributed by atoms with Gasteiger partial charge < -0.3 is 10.0 Å². The Balaban J connectivity index is 2.07. The zero-order chi connectivity index (χ0) is 14.5. The fourth-order valence-electron chi connectivity index (χ4n) is 2.82. The van der Waals surface area contributed by atoms with Gasteiger partial charge in [-0.05, 0) is 25.7 Å². The predicted octanol–water partition coefficient (Wildman–Crippen LogP) is 2.68. The molecule has 110 valence electrons. The molecule has 0 atom stereocenters. The number of hydrogen-bond acceptors (Lipinski definition) is 4. The molecule has 0 radical (unpaired) electrons. The number of carboxylic acid groups (broad SMARTS) is 1. The van der Waals surface area contributed by atoms with Crippen molar-refractivity contribution in [2.24, 2.45) is 5.92 Å². The minimum Gasteiger partial charge on any atom is -0.481 e. The second-order valence-corrected chi connectivity index (χ2v) is 5.41. The van der Waals surface area contributed by atoms with Crippen LogP contribution in [0.15, 0.2) is 12.4 Å². The minimum absolute atomic E-state index is 0.202. The van der Waals surface area contributed by atoms with Gasteiger partial charge in [0, 0.05) is 30.8 Å². The molecule has 0 spiro atoms. The third-order valence-electron chi connectivity index (χ3n) is 4.25. The van der Waals surface area contributed by atoms with Gasteiger partial charge >= 0.3 is 5.97 Å². The zero-order valence-corrected chi connectivity index (χ0v) is 12.2. The smallest absolute Gasteiger partial charge is 0.306 e. The number of carboxylic acids is 1. The summed E-state index contributed by atoms with van der Waals surface area (Å²) in [7, 11) is 0. The molecule has 5 heteroatoms. The maximum absolute atomic E-state index is 11.0. The number of piperidine rings is 1. The molecule has 0 bridgehead atoms. The number of anilines is 1. The first kappa shape index (κ1) is 14.8. The molecule has 1 aliphatic rings. The van der Waals surface area contributed by atoms with E-state index in [2.05, 4.69) is 34.8 Å². The Morgan fingerprint density at radius 1 is 1.35 bits per heavy atom. The van der Waals surface area contributed by atoms with Crippen molar-refractivity contribution >= 4 is 11.8 Å². The van der Waals surface area contributed by atoms with Crippen molar-refractivity contribution in [3.8, 4) is 0 Å². The van der Waals surface area contributed by atoms with Crippen LogP contribution in [0.25, 0.3) is 0 Å². The van der Waals surface area contributed by atoms with Crippen molar-refractivity contribution in [2.75, 3.05) is 18.0 Å². The molecule has 2 rings (SSSR count). The van der Waals surface area contributed by atoms with Crippen LogP contribution in [-0.4, -0.2) is 34.1 Å². The summed E-state index contributed by atoms with van der Waals surface area (Å²) in [6, 6.07) is 2.07. The van der Waals surface area contributed by atoms with Crippen LogP contribution in [0.3, 0.4) is 0 Å². The summed E-state index contributed by atoms with van der Waals surface area (Å²) >= 11 is 0.